The van der Waals surface area contributed by atoms with E-state index in [1.54, 1.807) is 20.8 Å². The minimum absolute atomic E-state index is 0.0887. The first-order chi connectivity index (χ1) is 5.90. The fourth-order valence-corrected chi connectivity index (χ4v) is 0.854. The molecule has 0 saturated heterocycles. The Hall–Kier alpha value is -1.45. The molecule has 0 aliphatic heterocycles. The van der Waals surface area contributed by atoms with E-state index in [1.165, 1.54) is 12.3 Å². The maximum absolute atomic E-state index is 11.3. The van der Waals surface area contributed by atoms with Crippen molar-refractivity contribution < 1.29 is 14.6 Å². The average Bonchev–Trinajstić information content (AvgIpc) is 2.30. The van der Waals surface area contributed by atoms with E-state index in [-0.39, 0.29) is 11.4 Å². The monoisotopic (exact) mass is 183 g/mol. The van der Waals surface area contributed by atoms with Crippen LogP contribution in [0.4, 0.5) is 0 Å². The molecule has 0 atom stereocenters. The molecule has 13 heavy (non-hydrogen) atoms. The number of hydrogen-bond acceptors (Lipinski definition) is 3. The van der Waals surface area contributed by atoms with Gasteiger partial charge in [0.1, 0.15) is 11.4 Å². The van der Waals surface area contributed by atoms with Crippen molar-refractivity contribution in [3.8, 4) is 5.75 Å². The summed E-state index contributed by atoms with van der Waals surface area (Å²) in [6, 6.07) is 1.40. The summed E-state index contributed by atoms with van der Waals surface area (Å²) in [5, 5.41) is 9.19. The number of aromatic amines is 1. The highest BCUT2D eigenvalue weighted by molar-refractivity contribution is 5.90. The van der Waals surface area contributed by atoms with Crippen LogP contribution in [-0.4, -0.2) is 21.7 Å². The van der Waals surface area contributed by atoms with E-state index in [4.69, 9.17) is 4.74 Å². The van der Waals surface area contributed by atoms with Gasteiger partial charge in [-0.3, -0.25) is 0 Å². The quantitative estimate of drug-likeness (QED) is 0.651. The Balaban J connectivity index is 2.76. The van der Waals surface area contributed by atoms with Gasteiger partial charge in [0.25, 0.3) is 0 Å². The molecular formula is C9H13NO3. The molecule has 1 aromatic rings. The summed E-state index contributed by atoms with van der Waals surface area (Å²) in [6.45, 7) is 5.31. The molecule has 0 bridgehead atoms. The van der Waals surface area contributed by atoms with E-state index in [0.29, 0.717) is 0 Å². The van der Waals surface area contributed by atoms with Gasteiger partial charge in [-0.2, -0.15) is 0 Å². The van der Waals surface area contributed by atoms with Crippen molar-refractivity contribution >= 4 is 5.97 Å². The first-order valence-electron chi connectivity index (χ1n) is 4.00. The van der Waals surface area contributed by atoms with E-state index >= 15 is 0 Å². The Morgan fingerprint density at radius 2 is 2.15 bits per heavy atom. The number of H-pyrrole nitrogens is 1. The lowest BCUT2D eigenvalue weighted by molar-refractivity contribution is 0.00609. The van der Waals surface area contributed by atoms with Gasteiger partial charge in [0.15, 0.2) is 5.69 Å². The SMILES string of the molecule is CC(C)(C)OC(=O)c1[nH]ccc1O. The van der Waals surface area contributed by atoms with Gasteiger partial charge in [-0.25, -0.2) is 4.79 Å². The smallest absolute Gasteiger partial charge is 0.359 e. The van der Waals surface area contributed by atoms with E-state index in [2.05, 4.69) is 4.98 Å². The predicted molar refractivity (Wildman–Crippen MR) is 47.6 cm³/mol. The molecule has 0 amide bonds. The fraction of sp³-hybridized carbons (Fsp3) is 0.444. The molecule has 1 rings (SSSR count). The van der Waals surface area contributed by atoms with Crippen LogP contribution in [0.25, 0.3) is 0 Å². The normalized spacial score (nSPS) is 11.3. The number of ether oxygens (including phenoxy) is 1. The molecular weight excluding hydrogens is 170 g/mol. The van der Waals surface area contributed by atoms with Crippen molar-refractivity contribution in [1.29, 1.82) is 0 Å². The number of nitrogens with one attached hydrogen (secondary N) is 1. The molecule has 0 aromatic carbocycles. The van der Waals surface area contributed by atoms with Gasteiger partial charge in [0, 0.05) is 6.20 Å². The van der Waals surface area contributed by atoms with E-state index in [9.17, 15) is 9.90 Å². The second kappa shape index (κ2) is 3.12. The lowest BCUT2D eigenvalue weighted by Crippen LogP contribution is -2.24. The molecule has 1 aromatic heterocycles. The van der Waals surface area contributed by atoms with Gasteiger partial charge in [0.05, 0.1) is 0 Å². The van der Waals surface area contributed by atoms with Gasteiger partial charge < -0.3 is 14.8 Å². The van der Waals surface area contributed by atoms with Crippen LogP contribution < -0.4 is 0 Å². The van der Waals surface area contributed by atoms with Crippen molar-refractivity contribution in [3.05, 3.63) is 18.0 Å². The number of hydrogen-bond donors (Lipinski definition) is 2. The lowest BCUT2D eigenvalue weighted by atomic mass is 10.2. The summed E-state index contributed by atoms with van der Waals surface area (Å²) in [7, 11) is 0. The maximum Gasteiger partial charge on any atom is 0.359 e. The third-order valence-corrected chi connectivity index (χ3v) is 1.33. The van der Waals surface area contributed by atoms with Crippen molar-refractivity contribution in [2.45, 2.75) is 26.4 Å². The van der Waals surface area contributed by atoms with Crippen LogP contribution in [0.15, 0.2) is 12.3 Å². The van der Waals surface area contributed by atoms with Gasteiger partial charge in [-0.05, 0) is 26.8 Å². The first kappa shape index (κ1) is 9.64. The average molecular weight is 183 g/mol. The number of aromatic hydroxyl groups is 1. The minimum atomic E-state index is -0.547. The predicted octanol–water partition coefficient (Wildman–Crippen LogP) is 1.68. The van der Waals surface area contributed by atoms with Crippen molar-refractivity contribution in [3.63, 3.8) is 0 Å². The molecule has 0 fully saturated rings. The summed E-state index contributed by atoms with van der Waals surface area (Å²) in [5.74, 6) is -0.635. The van der Waals surface area contributed by atoms with Crippen molar-refractivity contribution in [2.24, 2.45) is 0 Å². The zero-order valence-corrected chi connectivity index (χ0v) is 7.92. The molecule has 2 N–H and O–H groups in total. The second-order valence-electron chi connectivity index (χ2n) is 3.74. The van der Waals surface area contributed by atoms with E-state index in [0.717, 1.165) is 0 Å². The Kier molecular flexibility index (Phi) is 2.32. The zero-order valence-electron chi connectivity index (χ0n) is 7.92. The van der Waals surface area contributed by atoms with Crippen LogP contribution in [0.2, 0.25) is 0 Å². The van der Waals surface area contributed by atoms with Gasteiger partial charge >= 0.3 is 5.97 Å². The molecule has 0 saturated carbocycles. The Morgan fingerprint density at radius 3 is 2.54 bits per heavy atom. The van der Waals surface area contributed by atoms with Crippen molar-refractivity contribution in [2.75, 3.05) is 0 Å². The topological polar surface area (TPSA) is 62.3 Å². The highest BCUT2D eigenvalue weighted by atomic mass is 16.6. The second-order valence-corrected chi connectivity index (χ2v) is 3.74. The summed E-state index contributed by atoms with van der Waals surface area (Å²) in [5.41, 5.74) is -0.454. The molecule has 0 unspecified atom stereocenters. The Morgan fingerprint density at radius 1 is 1.54 bits per heavy atom. The summed E-state index contributed by atoms with van der Waals surface area (Å²) < 4.78 is 5.03. The van der Waals surface area contributed by atoms with E-state index < -0.39 is 11.6 Å². The third kappa shape index (κ3) is 2.50. The van der Waals surface area contributed by atoms with Gasteiger partial charge in [-0.1, -0.05) is 0 Å². The standard InChI is InChI=1S/C9H13NO3/c1-9(2,3)13-8(12)7-6(11)4-5-10-7/h4-5,10-11H,1-3H3. The minimum Gasteiger partial charge on any atom is -0.505 e. The van der Waals surface area contributed by atoms with Crippen LogP contribution >= 0.6 is 0 Å². The number of aromatic nitrogens is 1. The zero-order chi connectivity index (χ0) is 10.1. The van der Waals surface area contributed by atoms with Crippen LogP contribution in [-0.2, 0) is 4.74 Å². The van der Waals surface area contributed by atoms with Crippen LogP contribution in [0.3, 0.4) is 0 Å². The Labute approximate surface area is 76.5 Å². The number of rotatable bonds is 1. The molecule has 1 heterocycles. The molecule has 4 nitrogen and oxygen atoms in total. The maximum atomic E-state index is 11.3. The summed E-state index contributed by atoms with van der Waals surface area (Å²) >= 11 is 0. The number of carbonyl (C=O) groups excluding carboxylic acids is 1. The third-order valence-electron chi connectivity index (χ3n) is 1.33. The number of carbonyl (C=O) groups is 1. The van der Waals surface area contributed by atoms with Crippen molar-refractivity contribution in [1.82, 2.24) is 4.98 Å². The number of esters is 1. The van der Waals surface area contributed by atoms with Gasteiger partial charge in [-0.15, -0.1) is 0 Å². The Bertz CT molecular complexity index is 309. The molecule has 4 heteroatoms. The van der Waals surface area contributed by atoms with Crippen LogP contribution in [0.1, 0.15) is 31.3 Å². The summed E-state index contributed by atoms with van der Waals surface area (Å²) in [6.07, 6.45) is 1.48. The molecule has 0 aliphatic rings. The highest BCUT2D eigenvalue weighted by Gasteiger charge is 2.20. The van der Waals surface area contributed by atoms with Gasteiger partial charge in [0.2, 0.25) is 0 Å². The lowest BCUT2D eigenvalue weighted by Gasteiger charge is -2.18. The summed E-state index contributed by atoms with van der Waals surface area (Å²) in [4.78, 5) is 13.9. The highest BCUT2D eigenvalue weighted by Crippen LogP contribution is 2.18. The fourth-order valence-electron chi connectivity index (χ4n) is 0.854. The van der Waals surface area contributed by atoms with Crippen LogP contribution in [0, 0.1) is 0 Å². The molecule has 0 aliphatic carbocycles. The van der Waals surface area contributed by atoms with E-state index in [1.807, 2.05) is 0 Å². The van der Waals surface area contributed by atoms with Crippen LogP contribution in [0.5, 0.6) is 5.75 Å². The molecule has 0 radical (unpaired) electrons. The molecule has 72 valence electrons. The molecule has 0 spiro atoms. The largest absolute Gasteiger partial charge is 0.505 e. The first-order valence-corrected chi connectivity index (χ1v) is 4.00.